The lowest BCUT2D eigenvalue weighted by molar-refractivity contribution is -0.285. The number of benzene rings is 2. The summed E-state index contributed by atoms with van der Waals surface area (Å²) in [6.45, 7) is 5.84. The molecule has 3 rings (SSSR count). The Morgan fingerprint density at radius 1 is 0.972 bits per heavy atom. The van der Waals surface area contributed by atoms with Crippen LogP contribution in [0.4, 0.5) is 8.78 Å². The van der Waals surface area contributed by atoms with Crippen molar-refractivity contribution in [2.45, 2.75) is 83.2 Å². The molecule has 0 bridgehead atoms. The quantitative estimate of drug-likeness (QED) is 0.414. The molecule has 1 saturated heterocycles. The predicted octanol–water partition coefficient (Wildman–Crippen LogP) is 4.89. The summed E-state index contributed by atoms with van der Waals surface area (Å²) in [6, 6.07) is 17.4. The van der Waals surface area contributed by atoms with E-state index in [0.717, 1.165) is 11.1 Å². The first kappa shape index (κ1) is 28.2. The molecule has 1 aliphatic rings. The monoisotopic (exact) mass is 505 g/mol. The average Bonchev–Trinajstić information content (AvgIpc) is 2.87. The minimum Gasteiger partial charge on any atom is -0.465 e. The van der Waals surface area contributed by atoms with Crippen molar-refractivity contribution in [1.82, 2.24) is 0 Å². The van der Waals surface area contributed by atoms with Crippen LogP contribution in [0, 0.1) is 5.92 Å². The summed E-state index contributed by atoms with van der Waals surface area (Å²) in [5.74, 6) is -4.53. The summed E-state index contributed by atoms with van der Waals surface area (Å²) in [5.41, 5.74) is 7.56. The largest absolute Gasteiger partial charge is 0.465 e. The van der Waals surface area contributed by atoms with Crippen LogP contribution in [0.2, 0.25) is 0 Å². The fraction of sp³-hybridized carbons (Fsp3) is 0.536. The molecule has 36 heavy (non-hydrogen) atoms. The molecule has 1 fully saturated rings. The highest BCUT2D eigenvalue weighted by atomic mass is 19.3. The van der Waals surface area contributed by atoms with Gasteiger partial charge in [-0.2, -0.15) is 0 Å². The second kappa shape index (κ2) is 13.2. The highest BCUT2D eigenvalue weighted by Crippen LogP contribution is 2.40. The molecule has 198 valence electrons. The third-order valence-electron chi connectivity index (χ3n) is 6.52. The molecule has 0 aliphatic carbocycles. The Hall–Kier alpha value is -2.39. The number of ether oxygens (including phenoxy) is 4. The number of hydrogen-bond acceptors (Lipinski definition) is 6. The van der Waals surface area contributed by atoms with Crippen LogP contribution in [-0.2, 0) is 37.0 Å². The van der Waals surface area contributed by atoms with Gasteiger partial charge in [0.2, 0.25) is 0 Å². The molecule has 6 atom stereocenters. The molecule has 0 amide bonds. The van der Waals surface area contributed by atoms with Gasteiger partial charge in [0.05, 0.1) is 32.0 Å². The van der Waals surface area contributed by atoms with E-state index in [-0.39, 0.29) is 25.7 Å². The van der Waals surface area contributed by atoms with Crippen LogP contribution in [0.25, 0.3) is 0 Å². The zero-order valence-electron chi connectivity index (χ0n) is 21.1. The molecule has 1 heterocycles. The summed E-state index contributed by atoms with van der Waals surface area (Å²) < 4.78 is 54.7. The maximum Gasteiger partial charge on any atom is 0.323 e. The molecule has 0 aromatic heterocycles. The number of halogens is 2. The van der Waals surface area contributed by atoms with Crippen LogP contribution in [0.3, 0.4) is 0 Å². The van der Waals surface area contributed by atoms with E-state index in [0.29, 0.717) is 6.42 Å². The van der Waals surface area contributed by atoms with Gasteiger partial charge in [-0.15, -0.1) is 0 Å². The van der Waals surface area contributed by atoms with Crippen LogP contribution in [0.1, 0.15) is 44.7 Å². The molecular weight excluding hydrogens is 468 g/mol. The van der Waals surface area contributed by atoms with Crippen molar-refractivity contribution in [3.63, 3.8) is 0 Å². The average molecular weight is 506 g/mol. The highest BCUT2D eigenvalue weighted by molar-refractivity contribution is 5.75. The smallest absolute Gasteiger partial charge is 0.323 e. The van der Waals surface area contributed by atoms with E-state index in [2.05, 4.69) is 0 Å². The van der Waals surface area contributed by atoms with Crippen molar-refractivity contribution < 1.29 is 32.5 Å². The summed E-state index contributed by atoms with van der Waals surface area (Å²) in [6.07, 6.45) is -4.27. The lowest BCUT2D eigenvalue weighted by Crippen LogP contribution is -2.62. The van der Waals surface area contributed by atoms with Crippen molar-refractivity contribution in [1.29, 1.82) is 0 Å². The van der Waals surface area contributed by atoms with E-state index in [1.165, 1.54) is 0 Å². The SMILES string of the molecule is CCOC(=O)C(N)CC(F)(F)[C@H]1O[C@H](CC)[C@H](C)[C@H](OCc2ccccc2)[C@H]1OCc1ccccc1. The predicted molar refractivity (Wildman–Crippen MR) is 132 cm³/mol. The van der Waals surface area contributed by atoms with Gasteiger partial charge in [0.25, 0.3) is 5.92 Å². The van der Waals surface area contributed by atoms with Crippen molar-refractivity contribution in [3.8, 4) is 0 Å². The number of hydrogen-bond donors (Lipinski definition) is 1. The molecular formula is C28H37F2NO5. The topological polar surface area (TPSA) is 80.0 Å². The van der Waals surface area contributed by atoms with Crippen molar-refractivity contribution in [2.75, 3.05) is 6.61 Å². The molecule has 2 N–H and O–H groups in total. The van der Waals surface area contributed by atoms with Gasteiger partial charge in [-0.25, -0.2) is 8.78 Å². The second-order valence-corrected chi connectivity index (χ2v) is 9.21. The van der Waals surface area contributed by atoms with E-state index in [4.69, 9.17) is 24.7 Å². The van der Waals surface area contributed by atoms with Crippen LogP contribution in [0.5, 0.6) is 0 Å². The molecule has 6 nitrogen and oxygen atoms in total. The van der Waals surface area contributed by atoms with Gasteiger partial charge in [0.15, 0.2) is 0 Å². The molecule has 1 unspecified atom stereocenters. The van der Waals surface area contributed by atoms with Gasteiger partial charge < -0.3 is 24.7 Å². The van der Waals surface area contributed by atoms with Gasteiger partial charge in [-0.1, -0.05) is 74.5 Å². The zero-order valence-corrected chi connectivity index (χ0v) is 21.1. The Bertz CT molecular complexity index is 930. The van der Waals surface area contributed by atoms with Gasteiger partial charge in [-0.3, -0.25) is 4.79 Å². The first-order chi connectivity index (χ1) is 17.3. The van der Waals surface area contributed by atoms with Crippen molar-refractivity contribution in [3.05, 3.63) is 71.8 Å². The summed E-state index contributed by atoms with van der Waals surface area (Å²) >= 11 is 0. The van der Waals surface area contributed by atoms with Crippen molar-refractivity contribution >= 4 is 5.97 Å². The van der Waals surface area contributed by atoms with E-state index in [1.807, 2.05) is 74.5 Å². The molecule has 0 spiro atoms. The molecule has 1 aliphatic heterocycles. The zero-order chi connectivity index (χ0) is 26.1. The number of rotatable bonds is 12. The number of nitrogens with two attached hydrogens (primary N) is 1. The van der Waals surface area contributed by atoms with Crippen LogP contribution in [-0.4, -0.2) is 49.0 Å². The van der Waals surface area contributed by atoms with E-state index < -0.39 is 48.8 Å². The number of carbonyl (C=O) groups is 1. The Kier molecular flexibility index (Phi) is 10.4. The Morgan fingerprint density at radius 2 is 1.50 bits per heavy atom. The highest BCUT2D eigenvalue weighted by Gasteiger charge is 2.56. The molecule has 2 aromatic carbocycles. The Balaban J connectivity index is 1.88. The molecule has 2 aromatic rings. The Morgan fingerprint density at radius 3 is 2.00 bits per heavy atom. The van der Waals surface area contributed by atoms with E-state index >= 15 is 8.78 Å². The number of esters is 1. The molecule has 8 heteroatoms. The number of alkyl halides is 2. The minimum atomic E-state index is -3.46. The molecule has 0 radical (unpaired) electrons. The van der Waals surface area contributed by atoms with Crippen LogP contribution >= 0.6 is 0 Å². The third-order valence-corrected chi connectivity index (χ3v) is 6.52. The normalized spacial score (nSPS) is 25.3. The first-order valence-electron chi connectivity index (χ1n) is 12.5. The summed E-state index contributed by atoms with van der Waals surface area (Å²) in [5, 5.41) is 0. The summed E-state index contributed by atoms with van der Waals surface area (Å²) in [7, 11) is 0. The maximum absolute atomic E-state index is 15.8. The second-order valence-electron chi connectivity index (χ2n) is 9.21. The van der Waals surface area contributed by atoms with E-state index in [1.54, 1.807) is 6.92 Å². The summed E-state index contributed by atoms with van der Waals surface area (Å²) in [4.78, 5) is 12.0. The van der Waals surface area contributed by atoms with E-state index in [9.17, 15) is 4.79 Å². The molecule has 0 saturated carbocycles. The first-order valence-corrected chi connectivity index (χ1v) is 12.5. The standard InChI is InChI=1S/C28H37F2NO5/c1-4-23-19(3)24(34-17-20-12-8-6-9-13-20)25(35-18-21-14-10-7-11-15-21)26(36-23)28(29,30)16-22(31)27(32)33-5-2/h6-15,19,22-26H,4-5,16-18,31H2,1-3H3/t19-,22?,23+,24-,25+,26-/m0/s1. The number of carbonyl (C=O) groups excluding carboxylic acids is 1. The third kappa shape index (κ3) is 7.32. The van der Waals surface area contributed by atoms with Gasteiger partial charge in [-0.05, 0) is 24.5 Å². The fourth-order valence-electron chi connectivity index (χ4n) is 4.58. The van der Waals surface area contributed by atoms with Crippen LogP contribution in [0.15, 0.2) is 60.7 Å². The van der Waals surface area contributed by atoms with Gasteiger partial charge in [0.1, 0.15) is 18.2 Å². The lowest BCUT2D eigenvalue weighted by atomic mass is 9.83. The van der Waals surface area contributed by atoms with Gasteiger partial charge in [0, 0.05) is 12.3 Å². The minimum absolute atomic E-state index is 0.0612. The lowest BCUT2D eigenvalue weighted by Gasteiger charge is -2.47. The van der Waals surface area contributed by atoms with Crippen LogP contribution < -0.4 is 5.73 Å². The van der Waals surface area contributed by atoms with Crippen molar-refractivity contribution in [2.24, 2.45) is 11.7 Å². The van der Waals surface area contributed by atoms with Gasteiger partial charge >= 0.3 is 5.97 Å². The Labute approximate surface area is 212 Å². The maximum atomic E-state index is 15.8. The fourth-order valence-corrected chi connectivity index (χ4v) is 4.58.